The molecular formula is C13H24N2OS. The SMILES string of the molecule is Cc1cc(C(C)NCC(O)CN(C)C)c(C)s1. The Balaban J connectivity index is 2.44. The quantitative estimate of drug-likeness (QED) is 0.816. The Kier molecular flexibility index (Phi) is 5.59. The molecule has 0 radical (unpaired) electrons. The van der Waals surface area contributed by atoms with Gasteiger partial charge in [0.05, 0.1) is 6.10 Å². The molecule has 2 atom stereocenters. The molecule has 1 rings (SSSR count). The Morgan fingerprint density at radius 1 is 1.41 bits per heavy atom. The van der Waals surface area contributed by atoms with Gasteiger partial charge in [-0.1, -0.05) is 0 Å². The molecule has 0 aliphatic heterocycles. The van der Waals surface area contributed by atoms with E-state index in [0.29, 0.717) is 19.1 Å². The topological polar surface area (TPSA) is 35.5 Å². The molecular weight excluding hydrogens is 232 g/mol. The number of aliphatic hydroxyl groups excluding tert-OH is 1. The number of nitrogens with zero attached hydrogens (tertiary/aromatic N) is 1. The third-order valence-electron chi connectivity index (χ3n) is 2.78. The summed E-state index contributed by atoms with van der Waals surface area (Å²) < 4.78 is 0. The number of rotatable bonds is 6. The van der Waals surface area contributed by atoms with Crippen molar-refractivity contribution in [2.45, 2.75) is 32.9 Å². The second kappa shape index (κ2) is 6.50. The van der Waals surface area contributed by atoms with E-state index >= 15 is 0 Å². The zero-order valence-electron chi connectivity index (χ0n) is 11.4. The molecule has 0 aromatic carbocycles. The van der Waals surface area contributed by atoms with E-state index in [2.05, 4.69) is 32.2 Å². The summed E-state index contributed by atoms with van der Waals surface area (Å²) in [6, 6.07) is 2.53. The predicted molar refractivity (Wildman–Crippen MR) is 74.8 cm³/mol. The molecule has 1 aromatic heterocycles. The number of hydrogen-bond donors (Lipinski definition) is 2. The van der Waals surface area contributed by atoms with Crippen LogP contribution in [0.4, 0.5) is 0 Å². The summed E-state index contributed by atoms with van der Waals surface area (Å²) in [5, 5.41) is 13.2. The highest BCUT2D eigenvalue weighted by molar-refractivity contribution is 7.12. The number of thiophene rings is 1. The molecule has 1 heterocycles. The minimum Gasteiger partial charge on any atom is -0.390 e. The van der Waals surface area contributed by atoms with Gasteiger partial charge < -0.3 is 15.3 Å². The average Bonchev–Trinajstić information content (AvgIpc) is 2.53. The molecule has 2 N–H and O–H groups in total. The van der Waals surface area contributed by atoms with Crippen LogP contribution in [-0.4, -0.2) is 43.3 Å². The molecule has 0 spiro atoms. The Morgan fingerprint density at radius 3 is 2.53 bits per heavy atom. The molecule has 0 saturated carbocycles. The van der Waals surface area contributed by atoms with E-state index in [1.807, 2.05) is 30.3 Å². The highest BCUT2D eigenvalue weighted by atomic mass is 32.1. The van der Waals surface area contributed by atoms with Crippen LogP contribution in [0.1, 0.15) is 28.3 Å². The molecule has 4 heteroatoms. The van der Waals surface area contributed by atoms with Crippen LogP contribution in [0, 0.1) is 13.8 Å². The summed E-state index contributed by atoms with van der Waals surface area (Å²) in [7, 11) is 3.94. The maximum atomic E-state index is 9.79. The Bertz CT molecular complexity index is 349. The standard InChI is InChI=1S/C13H24N2OS/c1-9-6-13(11(3)17-9)10(2)14-7-12(16)8-15(4)5/h6,10,12,14,16H,7-8H2,1-5H3. The van der Waals surface area contributed by atoms with Gasteiger partial charge in [-0.2, -0.15) is 0 Å². The van der Waals surface area contributed by atoms with E-state index in [0.717, 1.165) is 0 Å². The first-order chi connectivity index (χ1) is 7.90. The zero-order valence-corrected chi connectivity index (χ0v) is 12.3. The summed E-state index contributed by atoms with van der Waals surface area (Å²) in [5.74, 6) is 0. The first-order valence-corrected chi connectivity index (χ1v) is 6.85. The molecule has 0 amide bonds. The third-order valence-corrected chi connectivity index (χ3v) is 3.76. The summed E-state index contributed by atoms with van der Waals surface area (Å²) in [6.07, 6.45) is -0.313. The number of likely N-dealkylation sites (N-methyl/N-ethyl adjacent to an activating group) is 1. The molecule has 3 nitrogen and oxygen atoms in total. The van der Waals surface area contributed by atoms with Crippen molar-refractivity contribution in [2.24, 2.45) is 0 Å². The van der Waals surface area contributed by atoms with Gasteiger partial charge >= 0.3 is 0 Å². The fourth-order valence-electron chi connectivity index (χ4n) is 1.99. The van der Waals surface area contributed by atoms with Crippen LogP contribution in [-0.2, 0) is 0 Å². The monoisotopic (exact) mass is 256 g/mol. The molecule has 98 valence electrons. The van der Waals surface area contributed by atoms with Crippen molar-refractivity contribution >= 4 is 11.3 Å². The van der Waals surface area contributed by atoms with Crippen LogP contribution in [0.2, 0.25) is 0 Å². The first-order valence-electron chi connectivity index (χ1n) is 6.03. The highest BCUT2D eigenvalue weighted by Crippen LogP contribution is 2.25. The maximum absolute atomic E-state index is 9.79. The van der Waals surface area contributed by atoms with Crippen molar-refractivity contribution in [3.8, 4) is 0 Å². The molecule has 0 aliphatic carbocycles. The zero-order chi connectivity index (χ0) is 13.0. The third kappa shape index (κ3) is 4.76. The van der Waals surface area contributed by atoms with Crippen LogP contribution in [0.5, 0.6) is 0 Å². The van der Waals surface area contributed by atoms with Gasteiger partial charge in [-0.25, -0.2) is 0 Å². The molecule has 1 aromatic rings. The van der Waals surface area contributed by atoms with E-state index in [9.17, 15) is 5.11 Å². The van der Waals surface area contributed by atoms with E-state index in [4.69, 9.17) is 0 Å². The Morgan fingerprint density at radius 2 is 2.06 bits per heavy atom. The van der Waals surface area contributed by atoms with E-state index in [-0.39, 0.29) is 6.10 Å². The van der Waals surface area contributed by atoms with Gasteiger partial charge in [0.15, 0.2) is 0 Å². The number of nitrogens with one attached hydrogen (secondary N) is 1. The Hall–Kier alpha value is -0.420. The van der Waals surface area contributed by atoms with Gasteiger partial charge in [-0.05, 0) is 46.5 Å². The summed E-state index contributed by atoms with van der Waals surface area (Å²) in [4.78, 5) is 4.71. The smallest absolute Gasteiger partial charge is 0.0791 e. The van der Waals surface area contributed by atoms with Crippen LogP contribution in [0.25, 0.3) is 0 Å². The molecule has 0 saturated heterocycles. The largest absolute Gasteiger partial charge is 0.390 e. The number of hydrogen-bond acceptors (Lipinski definition) is 4. The van der Waals surface area contributed by atoms with Gasteiger partial charge in [0.2, 0.25) is 0 Å². The first kappa shape index (κ1) is 14.6. The fourth-order valence-corrected chi connectivity index (χ4v) is 3.01. The second-order valence-corrected chi connectivity index (χ2v) is 6.38. The molecule has 0 aliphatic rings. The second-order valence-electron chi connectivity index (χ2n) is 4.91. The van der Waals surface area contributed by atoms with Gasteiger partial charge in [-0.3, -0.25) is 0 Å². The van der Waals surface area contributed by atoms with Gasteiger partial charge in [0, 0.05) is 28.9 Å². The normalized spacial score (nSPS) is 15.2. The van der Waals surface area contributed by atoms with Crippen LogP contribution < -0.4 is 5.32 Å². The number of aryl methyl sites for hydroxylation is 2. The summed E-state index contributed by atoms with van der Waals surface area (Å²) in [5.41, 5.74) is 1.35. The van der Waals surface area contributed by atoms with Gasteiger partial charge in [-0.15, -0.1) is 11.3 Å². The lowest BCUT2D eigenvalue weighted by Gasteiger charge is -2.19. The van der Waals surface area contributed by atoms with Crippen molar-refractivity contribution in [1.29, 1.82) is 0 Å². The lowest BCUT2D eigenvalue weighted by Crippen LogP contribution is -2.36. The van der Waals surface area contributed by atoms with Crippen molar-refractivity contribution in [3.05, 3.63) is 21.4 Å². The summed E-state index contributed by atoms with van der Waals surface area (Å²) >= 11 is 1.83. The maximum Gasteiger partial charge on any atom is 0.0791 e. The van der Waals surface area contributed by atoms with E-state index in [1.54, 1.807) is 0 Å². The van der Waals surface area contributed by atoms with Crippen molar-refractivity contribution < 1.29 is 5.11 Å². The number of aliphatic hydroxyl groups is 1. The molecule has 0 fully saturated rings. The minimum absolute atomic E-state index is 0.303. The average molecular weight is 256 g/mol. The van der Waals surface area contributed by atoms with Crippen molar-refractivity contribution in [2.75, 3.05) is 27.2 Å². The van der Waals surface area contributed by atoms with Gasteiger partial charge in [0.1, 0.15) is 0 Å². The predicted octanol–water partition coefficient (Wildman–Crippen LogP) is 1.94. The lowest BCUT2D eigenvalue weighted by molar-refractivity contribution is 0.132. The fraction of sp³-hybridized carbons (Fsp3) is 0.692. The van der Waals surface area contributed by atoms with E-state index in [1.165, 1.54) is 15.3 Å². The van der Waals surface area contributed by atoms with Crippen LogP contribution in [0.3, 0.4) is 0 Å². The van der Waals surface area contributed by atoms with Crippen molar-refractivity contribution in [3.63, 3.8) is 0 Å². The molecule has 17 heavy (non-hydrogen) atoms. The van der Waals surface area contributed by atoms with Crippen LogP contribution in [0.15, 0.2) is 6.07 Å². The lowest BCUT2D eigenvalue weighted by atomic mass is 10.1. The van der Waals surface area contributed by atoms with Gasteiger partial charge in [0.25, 0.3) is 0 Å². The Labute approximate surface area is 108 Å². The van der Waals surface area contributed by atoms with Crippen molar-refractivity contribution in [1.82, 2.24) is 10.2 Å². The van der Waals surface area contributed by atoms with Crippen LogP contribution >= 0.6 is 11.3 Å². The highest BCUT2D eigenvalue weighted by Gasteiger charge is 2.12. The van der Waals surface area contributed by atoms with E-state index < -0.39 is 0 Å². The molecule has 2 unspecified atom stereocenters. The summed E-state index contributed by atoms with van der Waals surface area (Å²) in [6.45, 7) is 7.77. The minimum atomic E-state index is -0.313. The molecule has 0 bridgehead atoms.